The lowest BCUT2D eigenvalue weighted by Gasteiger charge is -2.23. The van der Waals surface area contributed by atoms with Crippen LogP contribution in [-0.4, -0.2) is 35.7 Å². The van der Waals surface area contributed by atoms with Crippen LogP contribution < -0.4 is 16.4 Å². The molecular formula is C23H29N3O4S. The van der Waals surface area contributed by atoms with Gasteiger partial charge in [-0.1, -0.05) is 74.5 Å². The summed E-state index contributed by atoms with van der Waals surface area (Å²) in [4.78, 5) is 36.8. The molecule has 7 nitrogen and oxygen atoms in total. The van der Waals surface area contributed by atoms with E-state index >= 15 is 0 Å². The molecule has 0 bridgehead atoms. The maximum Gasteiger partial charge on any atom is 0.408 e. The van der Waals surface area contributed by atoms with Gasteiger partial charge in [0.05, 0.1) is 0 Å². The fourth-order valence-electron chi connectivity index (χ4n) is 2.78. The van der Waals surface area contributed by atoms with E-state index in [2.05, 4.69) is 10.6 Å². The van der Waals surface area contributed by atoms with Crippen molar-refractivity contribution in [3.05, 3.63) is 71.8 Å². The van der Waals surface area contributed by atoms with Gasteiger partial charge in [-0.05, 0) is 17.0 Å². The van der Waals surface area contributed by atoms with E-state index < -0.39 is 30.0 Å². The summed E-state index contributed by atoms with van der Waals surface area (Å²) in [5, 5.41) is 5.26. The summed E-state index contributed by atoms with van der Waals surface area (Å²) in [5.41, 5.74) is 7.35. The van der Waals surface area contributed by atoms with Crippen molar-refractivity contribution in [2.75, 3.05) is 5.75 Å². The van der Waals surface area contributed by atoms with Crippen LogP contribution >= 0.6 is 11.8 Å². The lowest BCUT2D eigenvalue weighted by Crippen LogP contribution is -2.55. The number of alkyl carbamates (subject to hydrolysis) is 1. The molecule has 2 aromatic carbocycles. The molecule has 4 N–H and O–H groups in total. The molecule has 0 spiro atoms. The number of hydrogen-bond donors (Lipinski definition) is 3. The number of hydrogen-bond acceptors (Lipinski definition) is 5. The first-order valence-corrected chi connectivity index (χ1v) is 11.2. The molecule has 31 heavy (non-hydrogen) atoms. The second-order valence-corrected chi connectivity index (χ2v) is 8.42. The van der Waals surface area contributed by atoms with Crippen LogP contribution in [0.4, 0.5) is 4.79 Å². The Morgan fingerprint density at radius 2 is 1.52 bits per heavy atom. The third kappa shape index (κ3) is 8.72. The molecule has 0 unspecified atom stereocenters. The molecule has 0 saturated heterocycles. The van der Waals surface area contributed by atoms with Crippen LogP contribution in [-0.2, 0) is 26.7 Å². The Kier molecular flexibility index (Phi) is 9.90. The number of benzene rings is 2. The highest BCUT2D eigenvalue weighted by molar-refractivity contribution is 7.98. The van der Waals surface area contributed by atoms with Gasteiger partial charge < -0.3 is 21.1 Å². The van der Waals surface area contributed by atoms with Crippen LogP contribution in [0.5, 0.6) is 0 Å². The molecule has 2 aromatic rings. The van der Waals surface area contributed by atoms with E-state index in [0.717, 1.165) is 11.1 Å². The molecule has 0 aliphatic rings. The summed E-state index contributed by atoms with van der Waals surface area (Å²) in [7, 11) is 0. The lowest BCUT2D eigenvalue weighted by atomic mass is 10.0. The van der Waals surface area contributed by atoms with E-state index in [1.165, 1.54) is 11.8 Å². The van der Waals surface area contributed by atoms with Crippen molar-refractivity contribution in [2.45, 2.75) is 38.3 Å². The summed E-state index contributed by atoms with van der Waals surface area (Å²) in [5.74, 6) is -0.288. The molecule has 0 aliphatic heterocycles. The zero-order chi connectivity index (χ0) is 22.6. The maximum atomic E-state index is 12.8. The van der Waals surface area contributed by atoms with Crippen LogP contribution in [0.1, 0.15) is 25.0 Å². The van der Waals surface area contributed by atoms with Gasteiger partial charge >= 0.3 is 6.09 Å². The van der Waals surface area contributed by atoms with Gasteiger partial charge in [-0.3, -0.25) is 9.59 Å². The van der Waals surface area contributed by atoms with Crippen molar-refractivity contribution in [1.29, 1.82) is 0 Å². The lowest BCUT2D eigenvalue weighted by molar-refractivity contribution is -0.129. The van der Waals surface area contributed by atoms with Gasteiger partial charge in [0.1, 0.15) is 18.7 Å². The van der Waals surface area contributed by atoms with Crippen molar-refractivity contribution < 1.29 is 19.1 Å². The van der Waals surface area contributed by atoms with E-state index in [1.54, 1.807) is 13.8 Å². The molecule has 0 fully saturated rings. The molecule has 0 heterocycles. The minimum Gasteiger partial charge on any atom is -0.445 e. The number of primary amides is 1. The van der Waals surface area contributed by atoms with Crippen molar-refractivity contribution in [3.8, 4) is 0 Å². The second-order valence-electron chi connectivity index (χ2n) is 7.39. The summed E-state index contributed by atoms with van der Waals surface area (Å²) >= 11 is 1.50. The predicted molar refractivity (Wildman–Crippen MR) is 122 cm³/mol. The average molecular weight is 444 g/mol. The van der Waals surface area contributed by atoms with Crippen LogP contribution in [0.3, 0.4) is 0 Å². The Hall–Kier alpha value is -3.00. The third-order valence-electron chi connectivity index (χ3n) is 4.49. The molecule has 0 radical (unpaired) electrons. The first-order valence-electron chi connectivity index (χ1n) is 10.1. The average Bonchev–Trinajstić information content (AvgIpc) is 2.76. The first kappa shape index (κ1) is 24.3. The highest BCUT2D eigenvalue weighted by Gasteiger charge is 2.27. The monoisotopic (exact) mass is 443 g/mol. The predicted octanol–water partition coefficient (Wildman–Crippen LogP) is 2.84. The molecule has 2 atom stereocenters. The van der Waals surface area contributed by atoms with Gasteiger partial charge in [0.25, 0.3) is 0 Å². The van der Waals surface area contributed by atoms with Crippen LogP contribution in [0.15, 0.2) is 60.7 Å². The van der Waals surface area contributed by atoms with Crippen molar-refractivity contribution >= 4 is 29.7 Å². The Bertz CT molecular complexity index is 846. The quantitative estimate of drug-likeness (QED) is 0.495. The van der Waals surface area contributed by atoms with Crippen molar-refractivity contribution in [2.24, 2.45) is 11.7 Å². The number of amides is 3. The van der Waals surface area contributed by atoms with Gasteiger partial charge in [-0.15, -0.1) is 0 Å². The van der Waals surface area contributed by atoms with E-state index in [9.17, 15) is 14.4 Å². The molecule has 0 aliphatic carbocycles. The van der Waals surface area contributed by atoms with E-state index in [1.807, 2.05) is 60.7 Å². The molecular weight excluding hydrogens is 414 g/mol. The zero-order valence-corrected chi connectivity index (χ0v) is 18.6. The summed E-state index contributed by atoms with van der Waals surface area (Å²) in [6.07, 6.45) is -0.704. The fourth-order valence-corrected chi connectivity index (χ4v) is 3.80. The molecule has 0 aromatic heterocycles. The van der Waals surface area contributed by atoms with Crippen molar-refractivity contribution in [1.82, 2.24) is 10.6 Å². The van der Waals surface area contributed by atoms with E-state index in [-0.39, 0.29) is 12.5 Å². The molecule has 166 valence electrons. The minimum atomic E-state index is -0.877. The highest BCUT2D eigenvalue weighted by Crippen LogP contribution is 2.14. The summed E-state index contributed by atoms with van der Waals surface area (Å²) in [6.45, 7) is 3.67. The largest absolute Gasteiger partial charge is 0.445 e. The fraction of sp³-hybridized carbons (Fsp3) is 0.348. The van der Waals surface area contributed by atoms with Gasteiger partial charge in [0.15, 0.2) is 0 Å². The summed E-state index contributed by atoms with van der Waals surface area (Å²) in [6, 6.07) is 17.4. The Balaban J connectivity index is 1.98. The Morgan fingerprint density at radius 1 is 0.935 bits per heavy atom. The van der Waals surface area contributed by atoms with Crippen LogP contribution in [0, 0.1) is 5.92 Å². The van der Waals surface area contributed by atoms with E-state index in [4.69, 9.17) is 10.5 Å². The van der Waals surface area contributed by atoms with E-state index in [0.29, 0.717) is 11.5 Å². The number of ether oxygens (including phenoxy) is 1. The number of nitrogens with two attached hydrogens (primary N) is 1. The van der Waals surface area contributed by atoms with Crippen molar-refractivity contribution in [3.63, 3.8) is 0 Å². The topological polar surface area (TPSA) is 111 Å². The normalized spacial score (nSPS) is 12.6. The molecule has 8 heteroatoms. The van der Waals surface area contributed by atoms with Gasteiger partial charge in [0.2, 0.25) is 11.8 Å². The van der Waals surface area contributed by atoms with Crippen LogP contribution in [0.25, 0.3) is 0 Å². The molecule has 0 saturated carbocycles. The molecule has 3 amide bonds. The van der Waals surface area contributed by atoms with Gasteiger partial charge in [0, 0.05) is 11.5 Å². The highest BCUT2D eigenvalue weighted by atomic mass is 32.2. The summed E-state index contributed by atoms with van der Waals surface area (Å²) < 4.78 is 5.24. The van der Waals surface area contributed by atoms with Gasteiger partial charge in [-0.25, -0.2) is 4.79 Å². The second kappa shape index (κ2) is 12.6. The van der Waals surface area contributed by atoms with Crippen LogP contribution in [0.2, 0.25) is 0 Å². The number of rotatable bonds is 11. The maximum absolute atomic E-state index is 12.8. The SMILES string of the molecule is CC(C)[C@@H](NC(=O)[C@H](CSCc1ccccc1)NC(=O)OCc1ccccc1)C(N)=O. The number of carbonyl (C=O) groups is 3. The zero-order valence-electron chi connectivity index (χ0n) is 17.7. The van der Waals surface area contributed by atoms with Gasteiger partial charge in [-0.2, -0.15) is 11.8 Å². The third-order valence-corrected chi connectivity index (χ3v) is 5.59. The standard InChI is InChI=1S/C23H29N3O4S/c1-16(2)20(21(24)27)26-22(28)19(15-31-14-18-11-7-4-8-12-18)25-23(29)30-13-17-9-5-3-6-10-17/h3-12,16,19-20H,13-15H2,1-2H3,(H2,24,27)(H,25,29)(H,26,28)/t19-,20+/m0/s1. The number of thioether (sulfide) groups is 1. The molecule has 2 rings (SSSR count). The minimum absolute atomic E-state index is 0.0913. The Labute approximate surface area is 187 Å². The first-order chi connectivity index (χ1) is 14.9. The smallest absolute Gasteiger partial charge is 0.408 e. The number of nitrogens with one attached hydrogen (secondary N) is 2. The number of carbonyl (C=O) groups excluding carboxylic acids is 3. The Morgan fingerprint density at radius 3 is 2.06 bits per heavy atom.